The topological polar surface area (TPSA) is 61.2 Å². The van der Waals surface area contributed by atoms with Gasteiger partial charge in [0.1, 0.15) is 17.1 Å². The van der Waals surface area contributed by atoms with Gasteiger partial charge in [-0.15, -0.1) is 10.2 Å². The molecule has 1 aromatic heterocycles. The number of methoxy groups -OCH3 is 2. The average molecular weight is 288 g/mol. The Bertz CT molecular complexity index is 616. The fourth-order valence-electron chi connectivity index (χ4n) is 2.82. The first-order chi connectivity index (χ1) is 10.3. The molecule has 3 rings (SSSR count). The monoisotopic (exact) mass is 288 g/mol. The van der Waals surface area contributed by atoms with Crippen LogP contribution < -0.4 is 14.8 Å². The van der Waals surface area contributed by atoms with E-state index in [1.54, 1.807) is 14.2 Å². The van der Waals surface area contributed by atoms with Crippen molar-refractivity contribution in [2.24, 2.45) is 0 Å². The summed E-state index contributed by atoms with van der Waals surface area (Å²) in [7, 11) is 3.31. The molecule has 0 saturated carbocycles. The Balaban J connectivity index is 2.16. The molecule has 2 aromatic rings. The normalized spacial score (nSPS) is 17.4. The third-order valence-electron chi connectivity index (χ3n) is 3.88. The predicted octanol–water partition coefficient (Wildman–Crippen LogP) is 2.02. The Hall–Kier alpha value is -2.08. The summed E-state index contributed by atoms with van der Waals surface area (Å²) in [5.41, 5.74) is 0.859. The molecular weight excluding hydrogens is 268 g/mol. The molecule has 0 aliphatic carbocycles. The number of nitrogens with one attached hydrogen (secondary N) is 1. The summed E-state index contributed by atoms with van der Waals surface area (Å²) in [5, 5.41) is 12.2. The van der Waals surface area contributed by atoms with Crippen molar-refractivity contribution in [1.82, 2.24) is 20.1 Å². The second-order valence-electron chi connectivity index (χ2n) is 4.99. The molecule has 0 fully saturated rings. The van der Waals surface area contributed by atoms with Gasteiger partial charge in [0.05, 0.1) is 20.3 Å². The van der Waals surface area contributed by atoms with Crippen molar-refractivity contribution >= 4 is 0 Å². The molecule has 1 aliphatic heterocycles. The van der Waals surface area contributed by atoms with Gasteiger partial charge in [0, 0.05) is 13.1 Å². The molecule has 0 radical (unpaired) electrons. The Kier molecular flexibility index (Phi) is 3.79. The van der Waals surface area contributed by atoms with Gasteiger partial charge in [-0.2, -0.15) is 0 Å². The predicted molar refractivity (Wildman–Crippen MR) is 79.6 cm³/mol. The van der Waals surface area contributed by atoms with Crippen molar-refractivity contribution < 1.29 is 9.47 Å². The summed E-state index contributed by atoms with van der Waals surface area (Å²) in [6.45, 7) is 3.90. The molecule has 1 aromatic carbocycles. The second-order valence-corrected chi connectivity index (χ2v) is 4.99. The molecule has 6 heteroatoms. The molecule has 1 aliphatic rings. The zero-order valence-electron chi connectivity index (χ0n) is 12.6. The number of hydrogen-bond acceptors (Lipinski definition) is 5. The zero-order chi connectivity index (χ0) is 14.8. The number of ether oxygens (including phenoxy) is 2. The van der Waals surface area contributed by atoms with E-state index in [1.807, 2.05) is 18.2 Å². The lowest BCUT2D eigenvalue weighted by atomic mass is 10.1. The molecule has 6 nitrogen and oxygen atoms in total. The van der Waals surface area contributed by atoms with Crippen LogP contribution in [-0.4, -0.2) is 35.5 Å². The van der Waals surface area contributed by atoms with Crippen molar-refractivity contribution in [3.8, 4) is 22.9 Å². The summed E-state index contributed by atoms with van der Waals surface area (Å²) in [6.07, 6.45) is 0.987. The van der Waals surface area contributed by atoms with Crippen LogP contribution in [0.25, 0.3) is 11.4 Å². The molecule has 1 atom stereocenters. The zero-order valence-corrected chi connectivity index (χ0v) is 12.6. The lowest BCUT2D eigenvalue weighted by Gasteiger charge is -2.24. The number of rotatable bonds is 4. The largest absolute Gasteiger partial charge is 0.496 e. The highest BCUT2D eigenvalue weighted by atomic mass is 16.5. The third kappa shape index (κ3) is 2.25. The maximum absolute atomic E-state index is 5.48. The van der Waals surface area contributed by atoms with Crippen LogP contribution >= 0.6 is 0 Å². The first-order valence-electron chi connectivity index (χ1n) is 7.18. The molecule has 0 bridgehead atoms. The number of hydrogen-bond donors (Lipinski definition) is 1. The Labute approximate surface area is 124 Å². The summed E-state index contributed by atoms with van der Waals surface area (Å²) in [6, 6.07) is 5.99. The van der Waals surface area contributed by atoms with Crippen LogP contribution in [0.1, 0.15) is 25.2 Å². The maximum Gasteiger partial charge on any atom is 0.171 e. The standard InChI is InChI=1S/C15H20N4O2/c1-4-10-14-17-18-15(19(14)9-8-16-10)13-11(20-2)6-5-7-12(13)21-3/h5-7,10,16H,4,8-9H2,1-3H3. The molecule has 112 valence electrons. The number of benzene rings is 1. The first kappa shape index (κ1) is 13.9. The van der Waals surface area contributed by atoms with Crippen LogP contribution in [0, 0.1) is 0 Å². The quantitative estimate of drug-likeness (QED) is 0.932. The minimum atomic E-state index is 0.251. The average Bonchev–Trinajstić information content (AvgIpc) is 2.97. The van der Waals surface area contributed by atoms with Gasteiger partial charge in [0.25, 0.3) is 0 Å². The lowest BCUT2D eigenvalue weighted by molar-refractivity contribution is 0.392. The van der Waals surface area contributed by atoms with Crippen LogP contribution in [0.3, 0.4) is 0 Å². The smallest absolute Gasteiger partial charge is 0.171 e. The maximum atomic E-state index is 5.48. The van der Waals surface area contributed by atoms with Crippen molar-refractivity contribution in [1.29, 1.82) is 0 Å². The summed E-state index contributed by atoms with van der Waals surface area (Å²) < 4.78 is 13.1. The molecule has 2 heterocycles. The molecule has 1 N–H and O–H groups in total. The van der Waals surface area contributed by atoms with Crippen LogP contribution in [0.2, 0.25) is 0 Å². The van der Waals surface area contributed by atoms with Gasteiger partial charge >= 0.3 is 0 Å². The van der Waals surface area contributed by atoms with Gasteiger partial charge in [-0.3, -0.25) is 0 Å². The fraction of sp³-hybridized carbons (Fsp3) is 0.467. The van der Waals surface area contributed by atoms with Crippen LogP contribution in [-0.2, 0) is 6.54 Å². The summed E-state index contributed by atoms with van der Waals surface area (Å²) in [5.74, 6) is 3.28. The van der Waals surface area contributed by atoms with Gasteiger partial charge in [-0.1, -0.05) is 13.0 Å². The van der Waals surface area contributed by atoms with E-state index in [-0.39, 0.29) is 6.04 Å². The van der Waals surface area contributed by atoms with E-state index in [9.17, 15) is 0 Å². The van der Waals surface area contributed by atoms with Gasteiger partial charge in [0.15, 0.2) is 11.6 Å². The Morgan fingerprint density at radius 1 is 1.24 bits per heavy atom. The first-order valence-corrected chi connectivity index (χ1v) is 7.18. The van der Waals surface area contributed by atoms with Crippen molar-refractivity contribution in [2.45, 2.75) is 25.9 Å². The highest BCUT2D eigenvalue weighted by Crippen LogP contribution is 2.38. The van der Waals surface area contributed by atoms with Gasteiger partial charge in [0.2, 0.25) is 0 Å². The van der Waals surface area contributed by atoms with Crippen molar-refractivity contribution in [3.05, 3.63) is 24.0 Å². The molecular formula is C15H20N4O2. The fourth-order valence-corrected chi connectivity index (χ4v) is 2.82. The minimum absolute atomic E-state index is 0.251. The van der Waals surface area contributed by atoms with E-state index in [0.717, 1.165) is 48.2 Å². The van der Waals surface area contributed by atoms with E-state index in [4.69, 9.17) is 9.47 Å². The summed E-state index contributed by atoms with van der Waals surface area (Å²) >= 11 is 0. The summed E-state index contributed by atoms with van der Waals surface area (Å²) in [4.78, 5) is 0. The van der Waals surface area contributed by atoms with E-state index in [0.29, 0.717) is 0 Å². The van der Waals surface area contributed by atoms with Crippen molar-refractivity contribution in [3.63, 3.8) is 0 Å². The van der Waals surface area contributed by atoms with E-state index in [1.165, 1.54) is 0 Å². The van der Waals surface area contributed by atoms with Crippen molar-refractivity contribution in [2.75, 3.05) is 20.8 Å². The molecule has 0 saturated heterocycles. The molecule has 0 amide bonds. The molecule has 1 unspecified atom stereocenters. The van der Waals surface area contributed by atoms with E-state index < -0.39 is 0 Å². The Morgan fingerprint density at radius 2 is 1.95 bits per heavy atom. The molecule has 0 spiro atoms. The lowest BCUT2D eigenvalue weighted by Crippen LogP contribution is -2.33. The number of aromatic nitrogens is 3. The van der Waals surface area contributed by atoms with Crippen LogP contribution in [0.4, 0.5) is 0 Å². The third-order valence-corrected chi connectivity index (χ3v) is 3.88. The minimum Gasteiger partial charge on any atom is -0.496 e. The van der Waals surface area contributed by atoms with E-state index in [2.05, 4.69) is 27.0 Å². The van der Waals surface area contributed by atoms with Gasteiger partial charge < -0.3 is 19.4 Å². The number of fused-ring (bicyclic) bond motifs is 1. The van der Waals surface area contributed by atoms with Gasteiger partial charge in [-0.05, 0) is 18.6 Å². The van der Waals surface area contributed by atoms with Crippen LogP contribution in [0.5, 0.6) is 11.5 Å². The second kappa shape index (κ2) is 5.73. The van der Waals surface area contributed by atoms with E-state index >= 15 is 0 Å². The Morgan fingerprint density at radius 3 is 2.57 bits per heavy atom. The molecule has 21 heavy (non-hydrogen) atoms. The highest BCUT2D eigenvalue weighted by Gasteiger charge is 2.26. The highest BCUT2D eigenvalue weighted by molar-refractivity contribution is 5.72. The van der Waals surface area contributed by atoms with Gasteiger partial charge in [-0.25, -0.2) is 0 Å². The SMILES string of the molecule is CCC1NCCn2c(-c3c(OC)cccc3OC)nnc21. The number of nitrogens with zero attached hydrogens (tertiary/aromatic N) is 3. The van der Waals surface area contributed by atoms with Crippen LogP contribution in [0.15, 0.2) is 18.2 Å².